The zero-order valence-electron chi connectivity index (χ0n) is 19.3. The summed E-state index contributed by atoms with van der Waals surface area (Å²) in [6.07, 6.45) is 2.40. The van der Waals surface area contributed by atoms with Gasteiger partial charge >= 0.3 is 5.97 Å². The highest BCUT2D eigenvalue weighted by Gasteiger charge is 2.22. The maximum Gasteiger partial charge on any atom is 0.331 e. The van der Waals surface area contributed by atoms with Crippen LogP contribution in [0.2, 0.25) is 0 Å². The van der Waals surface area contributed by atoms with Gasteiger partial charge in [0.15, 0.2) is 0 Å². The van der Waals surface area contributed by atoms with E-state index in [2.05, 4.69) is 0 Å². The number of fused-ring (bicyclic) bond motifs is 1. The fraction of sp³-hybridized carbons (Fsp3) is 0.280. The van der Waals surface area contributed by atoms with Crippen LogP contribution in [0, 0.1) is 11.6 Å². The van der Waals surface area contributed by atoms with E-state index < -0.39 is 28.8 Å². The van der Waals surface area contributed by atoms with Crippen molar-refractivity contribution in [1.82, 2.24) is 4.57 Å². The molecule has 3 rings (SSSR count). The fourth-order valence-electron chi connectivity index (χ4n) is 3.54. The zero-order chi connectivity index (χ0) is 24.5. The second-order valence-electron chi connectivity index (χ2n) is 8.40. The van der Waals surface area contributed by atoms with Crippen LogP contribution in [-0.2, 0) is 16.6 Å². The smallest absolute Gasteiger partial charge is 0.331 e. The molecule has 0 atom stereocenters. The molecule has 0 amide bonds. The molecule has 0 saturated carbocycles. The van der Waals surface area contributed by atoms with E-state index in [9.17, 15) is 18.4 Å². The van der Waals surface area contributed by atoms with Crippen molar-refractivity contribution in [2.75, 3.05) is 14.2 Å². The number of benzene rings is 2. The summed E-state index contributed by atoms with van der Waals surface area (Å²) < 4.78 is 45.8. The van der Waals surface area contributed by atoms with Crippen LogP contribution in [0.1, 0.15) is 26.3 Å². The molecule has 8 heteroatoms. The van der Waals surface area contributed by atoms with Crippen molar-refractivity contribution in [2.45, 2.75) is 26.4 Å². The number of hydrogen-bond acceptors (Lipinski definition) is 5. The van der Waals surface area contributed by atoms with E-state index in [1.165, 1.54) is 24.9 Å². The van der Waals surface area contributed by atoms with Crippen molar-refractivity contribution in [3.63, 3.8) is 0 Å². The molecular formula is C25H25F2NO5. The number of nitrogens with zero attached hydrogens (tertiary/aromatic N) is 1. The van der Waals surface area contributed by atoms with Gasteiger partial charge < -0.3 is 18.8 Å². The van der Waals surface area contributed by atoms with E-state index in [1.54, 1.807) is 40.0 Å². The highest BCUT2D eigenvalue weighted by molar-refractivity contribution is 6.04. The molecule has 0 aliphatic rings. The van der Waals surface area contributed by atoms with Crippen molar-refractivity contribution in [2.24, 2.45) is 7.05 Å². The van der Waals surface area contributed by atoms with Gasteiger partial charge in [0.25, 0.3) is 5.56 Å². The molecule has 0 spiro atoms. The van der Waals surface area contributed by atoms with E-state index in [-0.39, 0.29) is 16.7 Å². The summed E-state index contributed by atoms with van der Waals surface area (Å²) >= 11 is 0. The monoisotopic (exact) mass is 457 g/mol. The minimum Gasteiger partial charge on any atom is -0.497 e. The van der Waals surface area contributed by atoms with Gasteiger partial charge in [-0.3, -0.25) is 4.79 Å². The number of halogens is 2. The lowest BCUT2D eigenvalue weighted by atomic mass is 9.94. The molecule has 0 radical (unpaired) electrons. The molecule has 0 aliphatic heterocycles. The molecule has 0 aliphatic carbocycles. The van der Waals surface area contributed by atoms with Crippen LogP contribution in [0.4, 0.5) is 8.78 Å². The summed E-state index contributed by atoms with van der Waals surface area (Å²) in [6.45, 7) is 5.15. The quantitative estimate of drug-likeness (QED) is 0.405. The maximum absolute atomic E-state index is 14.2. The number of esters is 1. The number of carbonyl (C=O) groups excluding carboxylic acids is 1. The summed E-state index contributed by atoms with van der Waals surface area (Å²) in [5.74, 6) is -1.53. The van der Waals surface area contributed by atoms with Crippen LogP contribution in [0.3, 0.4) is 0 Å². The standard InChI is InChI=1S/C25H25F2NO5/c1-25(2,3)33-21(29)8-7-18-22(14-9-15(26)11-16(27)10-14)23-19(28(4)24(18)30)12-17(31-5)13-20(23)32-6/h7-13H,1-6H3/b8-7+. The third kappa shape index (κ3) is 5.05. The number of ether oxygens (including phenoxy) is 3. The van der Waals surface area contributed by atoms with Crippen molar-refractivity contribution in [3.8, 4) is 22.6 Å². The highest BCUT2D eigenvalue weighted by Crippen LogP contribution is 2.39. The van der Waals surface area contributed by atoms with Gasteiger partial charge in [-0.25, -0.2) is 13.6 Å². The van der Waals surface area contributed by atoms with Crippen LogP contribution in [0.5, 0.6) is 11.5 Å². The molecule has 0 bridgehead atoms. The fourth-order valence-corrected chi connectivity index (χ4v) is 3.54. The van der Waals surface area contributed by atoms with Crippen LogP contribution in [0.15, 0.2) is 41.2 Å². The molecule has 0 saturated heterocycles. The molecule has 1 heterocycles. The summed E-state index contributed by atoms with van der Waals surface area (Å²) in [7, 11) is 4.45. The maximum atomic E-state index is 14.2. The first kappa shape index (κ1) is 24.0. The lowest BCUT2D eigenvalue weighted by Gasteiger charge is -2.19. The van der Waals surface area contributed by atoms with Gasteiger partial charge in [0, 0.05) is 47.8 Å². The third-order valence-electron chi connectivity index (χ3n) is 4.87. The normalized spacial score (nSPS) is 11.8. The Hall–Kier alpha value is -3.68. The number of carbonyl (C=O) groups is 1. The molecule has 33 heavy (non-hydrogen) atoms. The average Bonchev–Trinajstić information content (AvgIpc) is 2.72. The summed E-state index contributed by atoms with van der Waals surface area (Å²) in [4.78, 5) is 25.6. The van der Waals surface area contributed by atoms with Crippen LogP contribution >= 0.6 is 0 Å². The van der Waals surface area contributed by atoms with Crippen molar-refractivity contribution < 1.29 is 27.8 Å². The predicted octanol–water partition coefficient (Wildman–Crippen LogP) is 4.86. The summed E-state index contributed by atoms with van der Waals surface area (Å²) in [6, 6.07) is 6.20. The summed E-state index contributed by atoms with van der Waals surface area (Å²) in [5.41, 5.74) is -0.426. The van der Waals surface area contributed by atoms with Crippen LogP contribution in [0.25, 0.3) is 28.1 Å². The molecule has 2 aromatic carbocycles. The Kier molecular flexibility index (Phi) is 6.58. The minimum absolute atomic E-state index is 0.0457. The van der Waals surface area contributed by atoms with Gasteiger partial charge in [-0.2, -0.15) is 0 Å². The highest BCUT2D eigenvalue weighted by atomic mass is 19.1. The number of rotatable bonds is 5. The van der Waals surface area contributed by atoms with Gasteiger partial charge in [0.05, 0.1) is 19.7 Å². The van der Waals surface area contributed by atoms with Gasteiger partial charge in [0.1, 0.15) is 28.7 Å². The van der Waals surface area contributed by atoms with E-state index in [0.29, 0.717) is 22.4 Å². The van der Waals surface area contributed by atoms with Crippen LogP contribution < -0.4 is 15.0 Å². The second kappa shape index (κ2) is 9.05. The molecule has 6 nitrogen and oxygen atoms in total. The second-order valence-corrected chi connectivity index (χ2v) is 8.40. The number of pyridine rings is 1. The van der Waals surface area contributed by atoms with Crippen molar-refractivity contribution in [1.29, 1.82) is 0 Å². The Morgan fingerprint density at radius 2 is 1.64 bits per heavy atom. The first-order valence-electron chi connectivity index (χ1n) is 10.1. The molecule has 1 aromatic heterocycles. The van der Waals surface area contributed by atoms with Gasteiger partial charge in [-0.15, -0.1) is 0 Å². The van der Waals surface area contributed by atoms with E-state index in [4.69, 9.17) is 14.2 Å². The van der Waals surface area contributed by atoms with Crippen LogP contribution in [-0.4, -0.2) is 30.4 Å². The Bertz CT molecular complexity index is 1300. The number of hydrogen-bond donors (Lipinski definition) is 0. The van der Waals surface area contributed by atoms with E-state index in [0.717, 1.165) is 24.3 Å². The van der Waals surface area contributed by atoms with Crippen molar-refractivity contribution in [3.05, 3.63) is 64.0 Å². The third-order valence-corrected chi connectivity index (χ3v) is 4.87. The number of aryl methyl sites for hydroxylation is 1. The summed E-state index contributed by atoms with van der Waals surface area (Å²) in [5, 5.41) is 0.425. The topological polar surface area (TPSA) is 66.8 Å². The average molecular weight is 457 g/mol. The molecule has 3 aromatic rings. The molecule has 174 valence electrons. The van der Waals surface area contributed by atoms with E-state index >= 15 is 0 Å². The molecular weight excluding hydrogens is 432 g/mol. The first-order valence-corrected chi connectivity index (χ1v) is 10.1. The molecule has 0 N–H and O–H groups in total. The molecule has 0 unspecified atom stereocenters. The largest absolute Gasteiger partial charge is 0.497 e. The zero-order valence-corrected chi connectivity index (χ0v) is 19.3. The first-order chi connectivity index (χ1) is 15.4. The lowest BCUT2D eigenvalue weighted by molar-refractivity contribution is -0.148. The van der Waals surface area contributed by atoms with Gasteiger partial charge in [-0.05, 0) is 44.5 Å². The number of aromatic nitrogens is 1. The SMILES string of the molecule is COc1cc(OC)c2c(-c3cc(F)cc(F)c3)c(/C=C/C(=O)OC(C)(C)C)c(=O)n(C)c2c1. The Labute approximate surface area is 190 Å². The van der Waals surface area contributed by atoms with E-state index in [1.807, 2.05) is 0 Å². The number of methoxy groups -OCH3 is 2. The van der Waals surface area contributed by atoms with Gasteiger partial charge in [-0.1, -0.05) is 0 Å². The Balaban J connectivity index is 2.44. The Morgan fingerprint density at radius 1 is 1.00 bits per heavy atom. The molecule has 0 fully saturated rings. The van der Waals surface area contributed by atoms with Crippen molar-refractivity contribution >= 4 is 22.9 Å². The minimum atomic E-state index is -0.812. The lowest BCUT2D eigenvalue weighted by Crippen LogP contribution is -2.23. The van der Waals surface area contributed by atoms with Gasteiger partial charge in [0.2, 0.25) is 0 Å². The Morgan fingerprint density at radius 3 is 2.18 bits per heavy atom. The predicted molar refractivity (Wildman–Crippen MR) is 123 cm³/mol.